The molecule has 0 radical (unpaired) electrons. The minimum absolute atomic E-state index is 0.904. The Balaban J connectivity index is 2.06. The Bertz CT molecular complexity index is 624. The topological polar surface area (TPSA) is 31.9 Å². The van der Waals surface area contributed by atoms with Crippen LogP contribution in [0.1, 0.15) is 6.92 Å². The van der Waals surface area contributed by atoms with E-state index < -0.39 is 0 Å². The summed E-state index contributed by atoms with van der Waals surface area (Å²) in [5.74, 6) is 0. The van der Waals surface area contributed by atoms with Crippen LogP contribution in [0.3, 0.4) is 0 Å². The van der Waals surface area contributed by atoms with E-state index in [1.54, 1.807) is 0 Å². The number of nitrogens with zero attached hydrogens (tertiary/aromatic N) is 2. The first kappa shape index (κ1) is 10.6. The number of hydrogen-bond donors (Lipinski definition) is 1. The fraction of sp³-hybridized carbons (Fsp3) is 0.154. The van der Waals surface area contributed by atoms with Crippen molar-refractivity contribution in [1.82, 2.24) is 9.97 Å². The van der Waals surface area contributed by atoms with Crippen LogP contribution in [0.4, 0.5) is 5.69 Å². The Morgan fingerprint density at radius 1 is 1.41 bits per heavy atom. The van der Waals surface area contributed by atoms with Crippen LogP contribution in [0.5, 0.6) is 0 Å². The third kappa shape index (κ3) is 1.78. The van der Waals surface area contributed by atoms with E-state index in [1.165, 1.54) is 15.7 Å². The van der Waals surface area contributed by atoms with E-state index in [1.807, 2.05) is 18.5 Å². The van der Waals surface area contributed by atoms with Crippen molar-refractivity contribution < 1.29 is 0 Å². The van der Waals surface area contributed by atoms with Crippen LogP contribution < -0.4 is 4.90 Å². The molecular formula is C13H12BrN3. The fourth-order valence-electron chi connectivity index (χ4n) is 2.04. The SMILES string of the molecule is CC1=C(Br)C=CN(c2ccnc3[nH]ccc23)C1. The van der Waals surface area contributed by atoms with Gasteiger partial charge in [-0.05, 0) is 30.7 Å². The minimum Gasteiger partial charge on any atom is -0.346 e. The molecule has 3 heterocycles. The van der Waals surface area contributed by atoms with Gasteiger partial charge in [0.15, 0.2) is 0 Å². The highest BCUT2D eigenvalue weighted by molar-refractivity contribution is 9.11. The molecule has 0 fully saturated rings. The molecule has 1 aliphatic rings. The molecule has 86 valence electrons. The van der Waals surface area contributed by atoms with Crippen molar-refractivity contribution in [3.8, 4) is 0 Å². The van der Waals surface area contributed by atoms with E-state index in [2.05, 4.69) is 56.1 Å². The van der Waals surface area contributed by atoms with Gasteiger partial charge in [-0.25, -0.2) is 4.98 Å². The number of aromatic nitrogens is 2. The van der Waals surface area contributed by atoms with Crippen molar-refractivity contribution >= 4 is 32.7 Å². The van der Waals surface area contributed by atoms with Crippen LogP contribution in [0.2, 0.25) is 0 Å². The molecule has 0 saturated carbocycles. The van der Waals surface area contributed by atoms with Gasteiger partial charge in [-0.1, -0.05) is 15.9 Å². The molecule has 0 aromatic carbocycles. The number of H-pyrrole nitrogens is 1. The highest BCUT2D eigenvalue weighted by Crippen LogP contribution is 2.29. The maximum atomic E-state index is 4.30. The summed E-state index contributed by atoms with van der Waals surface area (Å²) in [4.78, 5) is 9.67. The van der Waals surface area contributed by atoms with Crippen molar-refractivity contribution in [2.24, 2.45) is 0 Å². The maximum absolute atomic E-state index is 4.30. The number of nitrogens with one attached hydrogen (secondary N) is 1. The van der Waals surface area contributed by atoms with E-state index in [4.69, 9.17) is 0 Å². The quantitative estimate of drug-likeness (QED) is 0.870. The lowest BCUT2D eigenvalue weighted by Crippen LogP contribution is -2.21. The highest BCUT2D eigenvalue weighted by Gasteiger charge is 2.13. The zero-order valence-electron chi connectivity index (χ0n) is 9.44. The number of hydrogen-bond acceptors (Lipinski definition) is 2. The first-order valence-corrected chi connectivity index (χ1v) is 6.27. The van der Waals surface area contributed by atoms with Gasteiger partial charge < -0.3 is 9.88 Å². The summed E-state index contributed by atoms with van der Waals surface area (Å²) < 4.78 is 1.17. The molecule has 2 aromatic rings. The lowest BCUT2D eigenvalue weighted by molar-refractivity contribution is 1.01. The molecule has 0 atom stereocenters. The number of pyridine rings is 1. The van der Waals surface area contributed by atoms with E-state index in [-0.39, 0.29) is 0 Å². The monoisotopic (exact) mass is 289 g/mol. The second-order valence-corrected chi connectivity index (χ2v) is 5.00. The van der Waals surface area contributed by atoms with Crippen molar-refractivity contribution in [3.63, 3.8) is 0 Å². The van der Waals surface area contributed by atoms with Crippen molar-refractivity contribution in [2.75, 3.05) is 11.4 Å². The van der Waals surface area contributed by atoms with Gasteiger partial charge in [-0.15, -0.1) is 0 Å². The van der Waals surface area contributed by atoms with Gasteiger partial charge in [0, 0.05) is 35.0 Å². The van der Waals surface area contributed by atoms with Crippen molar-refractivity contribution in [3.05, 3.63) is 46.9 Å². The summed E-state index contributed by atoms with van der Waals surface area (Å²) in [5, 5.41) is 1.16. The summed E-state index contributed by atoms with van der Waals surface area (Å²) in [6.07, 6.45) is 7.94. The number of halogens is 1. The van der Waals surface area contributed by atoms with Crippen LogP contribution in [-0.2, 0) is 0 Å². The Kier molecular flexibility index (Phi) is 2.52. The molecule has 3 rings (SSSR count). The van der Waals surface area contributed by atoms with E-state index >= 15 is 0 Å². The third-order valence-corrected chi connectivity index (χ3v) is 3.90. The first-order chi connectivity index (χ1) is 8.25. The molecule has 0 spiro atoms. The standard InChI is InChI=1S/C13H12BrN3/c1-9-8-17(7-4-11(9)14)12-3-6-16-13-10(12)2-5-15-13/h2-7H,8H2,1H3,(H,15,16). The molecule has 0 bridgehead atoms. The minimum atomic E-state index is 0.904. The first-order valence-electron chi connectivity index (χ1n) is 5.48. The van der Waals surface area contributed by atoms with Gasteiger partial charge in [-0.3, -0.25) is 0 Å². The number of aromatic amines is 1. The number of anilines is 1. The molecule has 0 aliphatic carbocycles. The lowest BCUT2D eigenvalue weighted by atomic mass is 10.2. The molecule has 1 N–H and O–H groups in total. The Hall–Kier alpha value is -1.55. The Morgan fingerprint density at radius 3 is 3.12 bits per heavy atom. The zero-order chi connectivity index (χ0) is 11.8. The summed E-state index contributed by atoms with van der Waals surface area (Å²) in [6, 6.07) is 4.11. The second-order valence-electron chi connectivity index (χ2n) is 4.14. The fourth-order valence-corrected chi connectivity index (χ4v) is 2.29. The molecule has 4 heteroatoms. The highest BCUT2D eigenvalue weighted by atomic mass is 79.9. The summed E-state index contributed by atoms with van der Waals surface area (Å²) in [7, 11) is 0. The van der Waals surface area contributed by atoms with Gasteiger partial charge in [0.2, 0.25) is 0 Å². The van der Waals surface area contributed by atoms with Gasteiger partial charge in [0.25, 0.3) is 0 Å². The molecule has 0 unspecified atom stereocenters. The summed E-state index contributed by atoms with van der Waals surface area (Å²) in [6.45, 7) is 3.04. The van der Waals surface area contributed by atoms with Crippen LogP contribution in [0.15, 0.2) is 46.9 Å². The number of allylic oxidation sites excluding steroid dienone is 2. The van der Waals surface area contributed by atoms with Gasteiger partial charge in [0.1, 0.15) is 5.65 Å². The second kappa shape index (κ2) is 4.04. The van der Waals surface area contributed by atoms with E-state index in [9.17, 15) is 0 Å². The predicted octanol–water partition coefficient (Wildman–Crippen LogP) is 3.57. The van der Waals surface area contributed by atoms with Crippen LogP contribution in [0, 0.1) is 0 Å². The van der Waals surface area contributed by atoms with E-state index in [0.717, 1.165) is 17.6 Å². The predicted molar refractivity (Wildman–Crippen MR) is 74.2 cm³/mol. The summed E-state index contributed by atoms with van der Waals surface area (Å²) >= 11 is 3.54. The van der Waals surface area contributed by atoms with Crippen LogP contribution >= 0.6 is 15.9 Å². The largest absolute Gasteiger partial charge is 0.346 e. The van der Waals surface area contributed by atoms with Crippen LogP contribution in [-0.4, -0.2) is 16.5 Å². The van der Waals surface area contributed by atoms with Gasteiger partial charge in [0.05, 0.1) is 5.69 Å². The van der Waals surface area contributed by atoms with Crippen molar-refractivity contribution in [1.29, 1.82) is 0 Å². The van der Waals surface area contributed by atoms with Crippen molar-refractivity contribution in [2.45, 2.75) is 6.92 Å². The normalized spacial score (nSPS) is 16.0. The smallest absolute Gasteiger partial charge is 0.139 e. The van der Waals surface area contributed by atoms with Gasteiger partial charge in [-0.2, -0.15) is 0 Å². The van der Waals surface area contributed by atoms with E-state index in [0.29, 0.717) is 0 Å². The molecule has 3 nitrogen and oxygen atoms in total. The maximum Gasteiger partial charge on any atom is 0.139 e. The number of fused-ring (bicyclic) bond motifs is 1. The summed E-state index contributed by atoms with van der Waals surface area (Å²) in [5.41, 5.74) is 3.45. The lowest BCUT2D eigenvalue weighted by Gasteiger charge is -2.25. The average molecular weight is 290 g/mol. The molecule has 1 aliphatic heterocycles. The zero-order valence-corrected chi connectivity index (χ0v) is 11.0. The average Bonchev–Trinajstić information content (AvgIpc) is 2.80. The molecule has 2 aromatic heterocycles. The molecule has 17 heavy (non-hydrogen) atoms. The molecule has 0 amide bonds. The Labute approximate surface area is 108 Å². The Morgan fingerprint density at radius 2 is 2.29 bits per heavy atom. The van der Waals surface area contributed by atoms with Gasteiger partial charge >= 0.3 is 0 Å². The molecule has 0 saturated heterocycles. The third-order valence-electron chi connectivity index (χ3n) is 2.96. The molecular weight excluding hydrogens is 278 g/mol. The number of rotatable bonds is 1. The van der Waals surface area contributed by atoms with Crippen LogP contribution in [0.25, 0.3) is 11.0 Å².